The molecule has 0 spiro atoms. The molecule has 0 saturated heterocycles. The Kier molecular flexibility index (Phi) is 4.54. The summed E-state index contributed by atoms with van der Waals surface area (Å²) in [7, 11) is 0. The molecule has 2 rings (SSSR count). The van der Waals surface area contributed by atoms with E-state index in [9.17, 15) is 9.59 Å². The summed E-state index contributed by atoms with van der Waals surface area (Å²) >= 11 is 0. The van der Waals surface area contributed by atoms with Gasteiger partial charge in [-0.3, -0.25) is 0 Å². The van der Waals surface area contributed by atoms with E-state index in [1.54, 1.807) is 12.1 Å². The molecule has 0 aliphatic heterocycles. The topological polar surface area (TPSA) is 78.2 Å². The van der Waals surface area contributed by atoms with Crippen molar-refractivity contribution in [3.63, 3.8) is 0 Å². The second-order valence-electron chi connectivity index (χ2n) is 4.25. The van der Waals surface area contributed by atoms with Crippen molar-refractivity contribution < 1.29 is 66.1 Å². The zero-order chi connectivity index (χ0) is 11.9. The summed E-state index contributed by atoms with van der Waals surface area (Å²) in [5.74, 6) is -1.68. The van der Waals surface area contributed by atoms with Crippen LogP contribution in [-0.2, 0) is 17.6 Å². The van der Waals surface area contributed by atoms with E-state index in [0.717, 1.165) is 11.1 Å². The maximum Gasteiger partial charge on any atom is 1.00 e. The number of carbonyl (C=O) groups excluding carboxylic acids is 1. The monoisotopic (exact) mass is 256 g/mol. The summed E-state index contributed by atoms with van der Waals surface area (Å²) in [4.78, 5) is 21.9. The summed E-state index contributed by atoms with van der Waals surface area (Å²) in [6.07, 6.45) is 0.774. The fourth-order valence-corrected chi connectivity index (χ4v) is 2.05. The molecule has 1 amide bonds. The van der Waals surface area contributed by atoms with E-state index < -0.39 is 17.3 Å². The van der Waals surface area contributed by atoms with E-state index in [0.29, 0.717) is 12.8 Å². The molecule has 1 aromatic rings. The molecule has 1 aromatic carbocycles. The van der Waals surface area contributed by atoms with Gasteiger partial charge in [0.25, 0.3) is 0 Å². The van der Waals surface area contributed by atoms with Crippen molar-refractivity contribution >= 4 is 11.9 Å². The third-order valence-corrected chi connectivity index (χ3v) is 2.99. The summed E-state index contributed by atoms with van der Waals surface area (Å²) < 4.78 is 0. The predicted molar refractivity (Wildman–Crippen MR) is 57.9 cm³/mol. The molecule has 0 aromatic heterocycles. The standard InChI is InChI=1S/C12H12NO3.K/c1-12(11(13)16)5-8-3-2-7(10(14)15)4-9(8)6-12;/h2-4H,1,5-6H2,(H3,13,14,15,16);/q-1;+1/p-1. The van der Waals surface area contributed by atoms with Crippen LogP contribution in [0.15, 0.2) is 18.2 Å². The Morgan fingerprint density at radius 1 is 1.29 bits per heavy atom. The molecular formula is C12H11KNO3-. The van der Waals surface area contributed by atoms with Crippen LogP contribution in [0.5, 0.6) is 0 Å². The maximum absolute atomic E-state index is 11.1. The van der Waals surface area contributed by atoms with Gasteiger partial charge in [0, 0.05) is 5.91 Å². The van der Waals surface area contributed by atoms with Gasteiger partial charge in [-0.1, -0.05) is 6.07 Å². The summed E-state index contributed by atoms with van der Waals surface area (Å²) in [6, 6.07) is 4.78. The number of nitrogens with one attached hydrogen (secondary N) is 1. The van der Waals surface area contributed by atoms with E-state index in [1.165, 1.54) is 6.07 Å². The number of fused-ring (bicyclic) bond motifs is 1. The van der Waals surface area contributed by atoms with Crippen molar-refractivity contribution in [1.29, 1.82) is 0 Å². The number of carboxylic acids is 1. The number of amides is 1. The van der Waals surface area contributed by atoms with Crippen molar-refractivity contribution in [1.82, 2.24) is 0 Å². The van der Waals surface area contributed by atoms with Crippen LogP contribution < -0.4 is 51.4 Å². The molecular weight excluding hydrogens is 245 g/mol. The van der Waals surface area contributed by atoms with Gasteiger partial charge in [-0.15, -0.1) is 5.41 Å². The second kappa shape index (κ2) is 5.20. The minimum absolute atomic E-state index is 0. The maximum atomic E-state index is 11.1. The SMILES string of the molecule is [CH2-]C1(C([NH-])=O)Cc2ccc(C(=O)O)cc2C1.[K+]. The second-order valence-corrected chi connectivity index (χ2v) is 4.25. The Morgan fingerprint density at radius 3 is 2.41 bits per heavy atom. The van der Waals surface area contributed by atoms with Gasteiger partial charge in [0.2, 0.25) is 0 Å². The molecule has 1 atom stereocenters. The first-order valence-electron chi connectivity index (χ1n) is 4.89. The molecule has 0 saturated carbocycles. The largest absolute Gasteiger partial charge is 1.00 e. The van der Waals surface area contributed by atoms with Crippen LogP contribution in [0, 0.1) is 12.3 Å². The Labute approximate surface area is 142 Å². The third kappa shape index (κ3) is 2.80. The first kappa shape index (κ1) is 14.9. The molecule has 1 unspecified atom stereocenters. The van der Waals surface area contributed by atoms with Crippen molar-refractivity contribution in [3.05, 3.63) is 47.5 Å². The van der Waals surface area contributed by atoms with Crippen molar-refractivity contribution in [3.8, 4) is 0 Å². The van der Waals surface area contributed by atoms with Crippen LogP contribution in [0.2, 0.25) is 0 Å². The van der Waals surface area contributed by atoms with E-state index in [-0.39, 0.29) is 56.9 Å². The molecule has 0 fully saturated rings. The summed E-state index contributed by atoms with van der Waals surface area (Å²) in [6.45, 7) is 3.77. The zero-order valence-electron chi connectivity index (χ0n) is 9.62. The quantitative estimate of drug-likeness (QED) is 0.538. The molecule has 0 heterocycles. The third-order valence-electron chi connectivity index (χ3n) is 2.99. The number of rotatable bonds is 2. The number of carboxylic acid groups (broad SMARTS) is 1. The first-order valence-corrected chi connectivity index (χ1v) is 4.89. The first-order chi connectivity index (χ1) is 7.42. The molecule has 1 aliphatic rings. The molecule has 2 N–H and O–H groups in total. The van der Waals surface area contributed by atoms with Gasteiger partial charge < -0.3 is 22.6 Å². The van der Waals surface area contributed by atoms with E-state index in [4.69, 9.17) is 10.8 Å². The Hall–Kier alpha value is -0.204. The molecule has 4 nitrogen and oxygen atoms in total. The minimum atomic E-state index is -0.985. The van der Waals surface area contributed by atoms with Crippen molar-refractivity contribution in [2.75, 3.05) is 0 Å². The van der Waals surface area contributed by atoms with Crippen LogP contribution in [0.25, 0.3) is 5.73 Å². The number of hydrogen-bond donors (Lipinski definition) is 1. The van der Waals surface area contributed by atoms with Gasteiger partial charge in [-0.05, 0) is 36.1 Å². The van der Waals surface area contributed by atoms with Crippen LogP contribution >= 0.6 is 0 Å². The van der Waals surface area contributed by atoms with Gasteiger partial charge in [0.15, 0.2) is 0 Å². The summed E-state index contributed by atoms with van der Waals surface area (Å²) in [5.41, 5.74) is 8.18. The van der Waals surface area contributed by atoms with Crippen LogP contribution in [0.4, 0.5) is 0 Å². The normalized spacial score (nSPS) is 21.5. The van der Waals surface area contributed by atoms with Crippen LogP contribution in [-0.4, -0.2) is 17.0 Å². The van der Waals surface area contributed by atoms with Gasteiger partial charge in [-0.25, -0.2) is 4.79 Å². The van der Waals surface area contributed by atoms with Gasteiger partial charge in [0.05, 0.1) is 5.56 Å². The molecule has 0 radical (unpaired) electrons. The molecule has 17 heavy (non-hydrogen) atoms. The van der Waals surface area contributed by atoms with Gasteiger partial charge >= 0.3 is 57.4 Å². The van der Waals surface area contributed by atoms with Gasteiger partial charge in [-0.2, -0.15) is 0 Å². The van der Waals surface area contributed by atoms with E-state index in [1.807, 2.05) is 0 Å². The zero-order valence-corrected chi connectivity index (χ0v) is 12.7. The van der Waals surface area contributed by atoms with Crippen molar-refractivity contribution in [2.24, 2.45) is 5.41 Å². The Balaban J connectivity index is 0.00000144. The van der Waals surface area contributed by atoms with E-state index >= 15 is 0 Å². The smallest absolute Gasteiger partial charge is 0.670 e. The van der Waals surface area contributed by atoms with Gasteiger partial charge in [0.1, 0.15) is 0 Å². The fraction of sp³-hybridized carbons (Fsp3) is 0.250. The van der Waals surface area contributed by atoms with Crippen LogP contribution in [0.3, 0.4) is 0 Å². The number of benzene rings is 1. The van der Waals surface area contributed by atoms with Crippen molar-refractivity contribution in [2.45, 2.75) is 12.8 Å². The Morgan fingerprint density at radius 2 is 1.88 bits per heavy atom. The molecule has 0 bridgehead atoms. The number of hydrogen-bond acceptors (Lipinski definition) is 2. The predicted octanol–water partition coefficient (Wildman–Crippen LogP) is -1.11. The Bertz CT molecular complexity index is 487. The average molecular weight is 256 g/mol. The summed E-state index contributed by atoms with van der Waals surface area (Å²) in [5, 5.41) is 8.84. The molecule has 1 aliphatic carbocycles. The molecule has 84 valence electrons. The molecule has 5 heteroatoms. The minimum Gasteiger partial charge on any atom is -0.670 e. The van der Waals surface area contributed by atoms with E-state index in [2.05, 4.69) is 6.92 Å². The number of aromatic carboxylic acids is 1. The number of carbonyl (C=O) groups is 2. The van der Waals surface area contributed by atoms with Crippen LogP contribution in [0.1, 0.15) is 21.5 Å². The fourth-order valence-electron chi connectivity index (χ4n) is 2.05. The average Bonchev–Trinajstić information content (AvgIpc) is 2.54.